The van der Waals surface area contributed by atoms with E-state index in [1.54, 1.807) is 0 Å². The van der Waals surface area contributed by atoms with Crippen LogP contribution in [0.5, 0.6) is 0 Å². The fourth-order valence-corrected chi connectivity index (χ4v) is 4.55. The molecule has 1 nitrogen and oxygen atoms in total. The number of nitrogens with one attached hydrogen (secondary N) is 1. The van der Waals surface area contributed by atoms with Gasteiger partial charge in [0.25, 0.3) is 0 Å². The maximum absolute atomic E-state index is 6.05. The maximum Gasteiger partial charge on any atom is 0.108 e. The van der Waals surface area contributed by atoms with Crippen LogP contribution in [0.4, 0.5) is 0 Å². The van der Waals surface area contributed by atoms with Gasteiger partial charge in [-0.1, -0.05) is 122 Å². The summed E-state index contributed by atoms with van der Waals surface area (Å²) in [6, 6.07) is 32.2. The molecule has 3 aromatic rings. The van der Waals surface area contributed by atoms with Crippen LogP contribution in [0.15, 0.2) is 91.0 Å². The van der Waals surface area contributed by atoms with Crippen LogP contribution in [0.25, 0.3) is 11.1 Å². The van der Waals surface area contributed by atoms with Crippen molar-refractivity contribution in [2.45, 2.75) is 38.1 Å². The molecule has 0 aliphatic heterocycles. The Morgan fingerprint density at radius 3 is 1.55 bits per heavy atom. The molecule has 0 heterocycles. The molecule has 0 unspecified atom stereocenters. The summed E-state index contributed by atoms with van der Waals surface area (Å²) in [5.41, 5.74) is 5.83. The quantitative estimate of drug-likeness (QED) is 0.286. The highest BCUT2D eigenvalue weighted by Crippen LogP contribution is 2.33. The second-order valence-electron chi connectivity index (χ2n) is 7.66. The van der Waals surface area contributed by atoms with Gasteiger partial charge in [0.1, 0.15) is 4.99 Å². The fraction of sp³-hybridized carbons (Fsp3) is 0.222. The molecular formula is C27H27NS. The second kappa shape index (κ2) is 9.67. The molecule has 0 bridgehead atoms. The summed E-state index contributed by atoms with van der Waals surface area (Å²) >= 11 is 6.05. The van der Waals surface area contributed by atoms with E-state index < -0.39 is 0 Å². The number of hydrogen-bond donors (Lipinski definition) is 1. The van der Waals surface area contributed by atoms with Crippen molar-refractivity contribution in [2.24, 2.45) is 0 Å². The molecule has 1 aliphatic rings. The van der Waals surface area contributed by atoms with E-state index in [0.29, 0.717) is 6.04 Å². The molecule has 0 aromatic heterocycles. The van der Waals surface area contributed by atoms with E-state index in [0.717, 1.165) is 16.1 Å². The molecule has 1 fully saturated rings. The van der Waals surface area contributed by atoms with Crippen LogP contribution in [0.2, 0.25) is 0 Å². The predicted octanol–water partition coefficient (Wildman–Crippen LogP) is 6.90. The minimum Gasteiger partial charge on any atom is -0.373 e. The van der Waals surface area contributed by atoms with E-state index in [-0.39, 0.29) is 0 Å². The standard InChI is InChI=1S/C27H27NS/c29-27(28-24-19-11-4-12-20-24)26(23-17-9-3-10-18-23)25(21-13-5-1-6-14-21)22-15-7-2-8-16-22/h1-3,5-10,13-18,24H,4,11-12,19-20H2,(H,28,29). The van der Waals surface area contributed by atoms with Crippen molar-refractivity contribution >= 4 is 28.4 Å². The molecule has 146 valence electrons. The highest BCUT2D eigenvalue weighted by Gasteiger charge is 2.21. The number of hydrogen-bond acceptors (Lipinski definition) is 1. The zero-order chi connectivity index (χ0) is 19.9. The molecule has 2 heteroatoms. The van der Waals surface area contributed by atoms with Crippen LogP contribution in [-0.2, 0) is 0 Å². The number of benzene rings is 3. The van der Waals surface area contributed by atoms with Gasteiger partial charge in [0.2, 0.25) is 0 Å². The summed E-state index contributed by atoms with van der Waals surface area (Å²) < 4.78 is 0. The molecule has 0 amide bonds. The van der Waals surface area contributed by atoms with Gasteiger partial charge >= 0.3 is 0 Å². The summed E-state index contributed by atoms with van der Waals surface area (Å²) in [5.74, 6) is 0. The lowest BCUT2D eigenvalue weighted by Gasteiger charge is -2.26. The van der Waals surface area contributed by atoms with E-state index in [1.165, 1.54) is 48.8 Å². The summed E-state index contributed by atoms with van der Waals surface area (Å²) in [6.45, 7) is 0. The van der Waals surface area contributed by atoms with Gasteiger partial charge in [0.15, 0.2) is 0 Å². The minimum atomic E-state index is 0.475. The highest BCUT2D eigenvalue weighted by molar-refractivity contribution is 7.81. The molecule has 0 spiro atoms. The van der Waals surface area contributed by atoms with E-state index in [2.05, 4.69) is 96.3 Å². The molecule has 1 N–H and O–H groups in total. The van der Waals surface area contributed by atoms with Crippen LogP contribution < -0.4 is 5.32 Å². The Morgan fingerprint density at radius 2 is 1.07 bits per heavy atom. The van der Waals surface area contributed by atoms with Gasteiger partial charge < -0.3 is 5.32 Å². The van der Waals surface area contributed by atoms with Crippen molar-refractivity contribution in [1.82, 2.24) is 5.32 Å². The van der Waals surface area contributed by atoms with Crippen molar-refractivity contribution in [3.63, 3.8) is 0 Å². The van der Waals surface area contributed by atoms with Crippen molar-refractivity contribution < 1.29 is 0 Å². The lowest BCUT2D eigenvalue weighted by atomic mass is 9.88. The Morgan fingerprint density at radius 1 is 0.621 bits per heavy atom. The monoisotopic (exact) mass is 397 g/mol. The van der Waals surface area contributed by atoms with Crippen molar-refractivity contribution in [3.05, 3.63) is 108 Å². The summed E-state index contributed by atoms with van der Waals surface area (Å²) in [7, 11) is 0. The molecule has 29 heavy (non-hydrogen) atoms. The summed E-state index contributed by atoms with van der Waals surface area (Å²) in [5, 5.41) is 3.71. The van der Waals surface area contributed by atoms with Gasteiger partial charge in [0, 0.05) is 11.6 Å². The van der Waals surface area contributed by atoms with Crippen molar-refractivity contribution in [3.8, 4) is 0 Å². The Labute approximate surface area is 179 Å². The van der Waals surface area contributed by atoms with E-state index >= 15 is 0 Å². The van der Waals surface area contributed by atoms with Crippen LogP contribution in [0.3, 0.4) is 0 Å². The third kappa shape index (κ3) is 4.83. The third-order valence-electron chi connectivity index (χ3n) is 5.60. The average molecular weight is 398 g/mol. The minimum absolute atomic E-state index is 0.475. The van der Waals surface area contributed by atoms with Crippen molar-refractivity contribution in [2.75, 3.05) is 0 Å². The topological polar surface area (TPSA) is 12.0 Å². The zero-order valence-electron chi connectivity index (χ0n) is 16.7. The Bertz CT molecular complexity index is 914. The number of rotatable bonds is 5. The van der Waals surface area contributed by atoms with Crippen LogP contribution in [0.1, 0.15) is 48.8 Å². The Balaban J connectivity index is 1.87. The zero-order valence-corrected chi connectivity index (χ0v) is 17.5. The lowest BCUT2D eigenvalue weighted by Crippen LogP contribution is -2.36. The first kappa shape index (κ1) is 19.6. The molecule has 4 rings (SSSR count). The lowest BCUT2D eigenvalue weighted by molar-refractivity contribution is 0.415. The predicted molar refractivity (Wildman–Crippen MR) is 128 cm³/mol. The fourth-order valence-electron chi connectivity index (χ4n) is 4.16. The Hall–Kier alpha value is -2.71. The number of thiocarbonyl (C=S) groups is 1. The van der Waals surface area contributed by atoms with Gasteiger partial charge in [-0.25, -0.2) is 0 Å². The van der Waals surface area contributed by atoms with Gasteiger partial charge in [-0.2, -0.15) is 0 Å². The van der Waals surface area contributed by atoms with E-state index in [1.807, 2.05) is 0 Å². The molecule has 3 aromatic carbocycles. The third-order valence-corrected chi connectivity index (χ3v) is 5.93. The second-order valence-corrected chi connectivity index (χ2v) is 8.06. The van der Waals surface area contributed by atoms with E-state index in [9.17, 15) is 0 Å². The van der Waals surface area contributed by atoms with Gasteiger partial charge in [-0.3, -0.25) is 0 Å². The maximum atomic E-state index is 6.05. The Kier molecular flexibility index (Phi) is 6.53. The molecule has 1 saturated carbocycles. The molecule has 0 atom stereocenters. The van der Waals surface area contributed by atoms with Gasteiger partial charge in [-0.15, -0.1) is 0 Å². The largest absolute Gasteiger partial charge is 0.373 e. The smallest absolute Gasteiger partial charge is 0.108 e. The van der Waals surface area contributed by atoms with Gasteiger partial charge in [-0.05, 0) is 35.1 Å². The summed E-state index contributed by atoms with van der Waals surface area (Å²) in [4.78, 5) is 0.853. The first-order chi connectivity index (χ1) is 14.3. The molecule has 0 radical (unpaired) electrons. The van der Waals surface area contributed by atoms with Crippen LogP contribution in [-0.4, -0.2) is 11.0 Å². The first-order valence-electron chi connectivity index (χ1n) is 10.5. The van der Waals surface area contributed by atoms with Crippen LogP contribution >= 0.6 is 12.2 Å². The summed E-state index contributed by atoms with van der Waals surface area (Å²) in [6.07, 6.45) is 6.32. The average Bonchev–Trinajstić information content (AvgIpc) is 2.79. The normalized spacial score (nSPS) is 14.2. The molecule has 0 saturated heterocycles. The SMILES string of the molecule is S=C(NC1CCCCC1)C(=C(c1ccccc1)c1ccccc1)c1ccccc1. The highest BCUT2D eigenvalue weighted by atomic mass is 32.1. The van der Waals surface area contributed by atoms with Crippen molar-refractivity contribution in [1.29, 1.82) is 0 Å². The van der Waals surface area contributed by atoms with Gasteiger partial charge in [0.05, 0.1) is 0 Å². The van der Waals surface area contributed by atoms with Crippen LogP contribution in [0, 0.1) is 0 Å². The molecular weight excluding hydrogens is 370 g/mol. The first-order valence-corrected chi connectivity index (χ1v) is 10.9. The van der Waals surface area contributed by atoms with E-state index in [4.69, 9.17) is 12.2 Å². The molecule has 1 aliphatic carbocycles.